The molecule has 0 radical (unpaired) electrons. The Kier molecular flexibility index (Phi) is 3.24. The number of aliphatic hydroxyl groups is 1. The molecular weight excluding hydrogens is 202 g/mol. The molecule has 1 heterocycles. The van der Waals surface area contributed by atoms with Gasteiger partial charge in [0.15, 0.2) is 0 Å². The third-order valence-electron chi connectivity index (χ3n) is 4.64. The van der Waals surface area contributed by atoms with E-state index in [2.05, 4.69) is 6.92 Å². The number of rotatable bonds is 3. The normalized spacial score (nSPS) is 29.9. The molecule has 1 amide bonds. The maximum absolute atomic E-state index is 12.4. The summed E-state index contributed by atoms with van der Waals surface area (Å²) >= 11 is 0. The van der Waals surface area contributed by atoms with Crippen molar-refractivity contribution in [3.8, 4) is 0 Å². The van der Waals surface area contributed by atoms with Crippen LogP contribution in [0.5, 0.6) is 0 Å². The van der Waals surface area contributed by atoms with E-state index in [-0.39, 0.29) is 17.4 Å². The van der Waals surface area contributed by atoms with Gasteiger partial charge in [-0.25, -0.2) is 0 Å². The molecule has 2 rings (SSSR count). The van der Waals surface area contributed by atoms with E-state index in [9.17, 15) is 9.90 Å². The minimum atomic E-state index is -0.281. The molecule has 0 aromatic heterocycles. The molecule has 3 heteroatoms. The van der Waals surface area contributed by atoms with Crippen LogP contribution in [0.15, 0.2) is 0 Å². The molecular formula is C13H23NO2. The zero-order chi connectivity index (χ0) is 11.8. The summed E-state index contributed by atoms with van der Waals surface area (Å²) in [7, 11) is 0. The molecule has 1 aliphatic carbocycles. The molecule has 92 valence electrons. The SMILES string of the molecule is CCC1(C(=O)N2CCC(C(C)O)C2)CCC1. The van der Waals surface area contributed by atoms with Gasteiger partial charge in [-0.05, 0) is 32.6 Å². The zero-order valence-electron chi connectivity index (χ0n) is 10.4. The Morgan fingerprint density at radius 2 is 2.25 bits per heavy atom. The van der Waals surface area contributed by atoms with Crippen molar-refractivity contribution in [2.75, 3.05) is 13.1 Å². The van der Waals surface area contributed by atoms with Crippen LogP contribution >= 0.6 is 0 Å². The number of likely N-dealkylation sites (tertiary alicyclic amines) is 1. The van der Waals surface area contributed by atoms with Gasteiger partial charge in [0, 0.05) is 24.4 Å². The summed E-state index contributed by atoms with van der Waals surface area (Å²) in [5.41, 5.74) is -0.0341. The predicted octanol–water partition coefficient (Wildman–Crippen LogP) is 1.80. The Morgan fingerprint density at radius 1 is 1.56 bits per heavy atom. The maximum atomic E-state index is 12.4. The Balaban J connectivity index is 1.96. The highest BCUT2D eigenvalue weighted by Crippen LogP contribution is 2.46. The van der Waals surface area contributed by atoms with Gasteiger partial charge in [0.2, 0.25) is 5.91 Å². The van der Waals surface area contributed by atoms with E-state index >= 15 is 0 Å². The fraction of sp³-hybridized carbons (Fsp3) is 0.923. The van der Waals surface area contributed by atoms with Crippen LogP contribution in [0.3, 0.4) is 0 Å². The summed E-state index contributed by atoms with van der Waals surface area (Å²) < 4.78 is 0. The molecule has 0 spiro atoms. The van der Waals surface area contributed by atoms with Crippen molar-refractivity contribution in [2.24, 2.45) is 11.3 Å². The van der Waals surface area contributed by atoms with E-state index in [1.165, 1.54) is 6.42 Å². The van der Waals surface area contributed by atoms with Gasteiger partial charge in [-0.3, -0.25) is 4.79 Å². The lowest BCUT2D eigenvalue weighted by Crippen LogP contribution is -2.47. The average Bonchev–Trinajstić information content (AvgIpc) is 2.65. The zero-order valence-corrected chi connectivity index (χ0v) is 10.4. The lowest BCUT2D eigenvalue weighted by molar-refractivity contribution is -0.146. The molecule has 2 aliphatic rings. The number of nitrogens with zero attached hydrogens (tertiary/aromatic N) is 1. The van der Waals surface area contributed by atoms with Crippen LogP contribution in [-0.2, 0) is 4.79 Å². The monoisotopic (exact) mass is 225 g/mol. The van der Waals surface area contributed by atoms with E-state index < -0.39 is 0 Å². The van der Waals surface area contributed by atoms with Crippen molar-refractivity contribution < 1.29 is 9.90 Å². The molecule has 0 aromatic carbocycles. The van der Waals surface area contributed by atoms with Gasteiger partial charge in [0.1, 0.15) is 0 Å². The fourth-order valence-electron chi connectivity index (χ4n) is 3.02. The standard InChI is InChI=1S/C13H23NO2/c1-3-13(6-4-7-13)12(16)14-8-5-11(9-14)10(2)15/h10-11,15H,3-9H2,1-2H3. The quantitative estimate of drug-likeness (QED) is 0.795. The van der Waals surface area contributed by atoms with Gasteiger partial charge in [0.25, 0.3) is 0 Å². The second-order valence-corrected chi connectivity index (χ2v) is 5.53. The summed E-state index contributed by atoms with van der Waals surface area (Å²) in [6.07, 6.45) is 4.99. The molecule has 1 N–H and O–H groups in total. The minimum absolute atomic E-state index is 0.0341. The van der Waals surface area contributed by atoms with Crippen LogP contribution < -0.4 is 0 Å². The van der Waals surface area contributed by atoms with E-state index in [4.69, 9.17) is 0 Å². The molecule has 0 aromatic rings. The first-order valence-electron chi connectivity index (χ1n) is 6.56. The van der Waals surface area contributed by atoms with Gasteiger partial charge in [0.05, 0.1) is 6.10 Å². The average molecular weight is 225 g/mol. The van der Waals surface area contributed by atoms with Crippen LogP contribution in [0, 0.1) is 11.3 Å². The van der Waals surface area contributed by atoms with Crippen molar-refractivity contribution in [1.29, 1.82) is 0 Å². The summed E-state index contributed by atoms with van der Waals surface area (Å²) in [5, 5.41) is 9.54. The number of carbonyl (C=O) groups excluding carboxylic acids is 1. The van der Waals surface area contributed by atoms with Gasteiger partial charge in [-0.1, -0.05) is 13.3 Å². The summed E-state index contributed by atoms with van der Waals surface area (Å²) in [5.74, 6) is 0.641. The van der Waals surface area contributed by atoms with Crippen LogP contribution in [-0.4, -0.2) is 35.1 Å². The second-order valence-electron chi connectivity index (χ2n) is 5.53. The van der Waals surface area contributed by atoms with E-state index in [1.807, 2.05) is 11.8 Å². The van der Waals surface area contributed by atoms with Crippen molar-refractivity contribution >= 4 is 5.91 Å². The molecule has 16 heavy (non-hydrogen) atoms. The number of carbonyl (C=O) groups is 1. The Hall–Kier alpha value is -0.570. The molecule has 1 saturated carbocycles. The molecule has 3 nitrogen and oxygen atoms in total. The third-order valence-corrected chi connectivity index (χ3v) is 4.64. The summed E-state index contributed by atoms with van der Waals surface area (Å²) in [4.78, 5) is 14.4. The molecule has 2 atom stereocenters. The van der Waals surface area contributed by atoms with Crippen molar-refractivity contribution in [3.05, 3.63) is 0 Å². The van der Waals surface area contributed by atoms with E-state index in [0.717, 1.165) is 38.8 Å². The first kappa shape index (κ1) is 11.9. The highest BCUT2D eigenvalue weighted by molar-refractivity contribution is 5.83. The summed E-state index contributed by atoms with van der Waals surface area (Å²) in [6, 6.07) is 0. The first-order valence-corrected chi connectivity index (χ1v) is 6.56. The van der Waals surface area contributed by atoms with E-state index in [0.29, 0.717) is 5.91 Å². The number of aliphatic hydroxyl groups excluding tert-OH is 1. The lowest BCUT2D eigenvalue weighted by atomic mass is 9.66. The Morgan fingerprint density at radius 3 is 2.62 bits per heavy atom. The van der Waals surface area contributed by atoms with Crippen molar-refractivity contribution in [3.63, 3.8) is 0 Å². The highest BCUT2D eigenvalue weighted by atomic mass is 16.3. The molecule has 2 unspecified atom stereocenters. The Bertz CT molecular complexity index is 266. The van der Waals surface area contributed by atoms with E-state index in [1.54, 1.807) is 0 Å². The third kappa shape index (κ3) is 1.86. The van der Waals surface area contributed by atoms with Gasteiger partial charge in [-0.2, -0.15) is 0 Å². The van der Waals surface area contributed by atoms with Crippen molar-refractivity contribution in [2.45, 2.75) is 52.1 Å². The fourth-order valence-corrected chi connectivity index (χ4v) is 3.02. The van der Waals surface area contributed by atoms with Gasteiger partial charge >= 0.3 is 0 Å². The summed E-state index contributed by atoms with van der Waals surface area (Å²) in [6.45, 7) is 5.56. The van der Waals surface area contributed by atoms with Crippen molar-refractivity contribution in [1.82, 2.24) is 4.90 Å². The van der Waals surface area contributed by atoms with Gasteiger partial charge < -0.3 is 10.0 Å². The van der Waals surface area contributed by atoms with Crippen LogP contribution in [0.2, 0.25) is 0 Å². The molecule has 1 aliphatic heterocycles. The number of hydrogen-bond donors (Lipinski definition) is 1. The molecule has 1 saturated heterocycles. The largest absolute Gasteiger partial charge is 0.393 e. The topological polar surface area (TPSA) is 40.5 Å². The predicted molar refractivity (Wildman–Crippen MR) is 62.9 cm³/mol. The Labute approximate surface area is 97.8 Å². The highest BCUT2D eigenvalue weighted by Gasteiger charge is 2.46. The minimum Gasteiger partial charge on any atom is -0.393 e. The van der Waals surface area contributed by atoms with Crippen LogP contribution in [0.4, 0.5) is 0 Å². The molecule has 0 bridgehead atoms. The smallest absolute Gasteiger partial charge is 0.228 e. The van der Waals surface area contributed by atoms with Gasteiger partial charge in [-0.15, -0.1) is 0 Å². The maximum Gasteiger partial charge on any atom is 0.228 e. The number of amides is 1. The first-order chi connectivity index (χ1) is 7.59. The lowest BCUT2D eigenvalue weighted by Gasteiger charge is -2.42. The van der Waals surface area contributed by atoms with Crippen LogP contribution in [0.1, 0.15) is 46.0 Å². The second kappa shape index (κ2) is 4.36. The van der Waals surface area contributed by atoms with Crippen LogP contribution in [0.25, 0.3) is 0 Å². The number of hydrogen-bond acceptors (Lipinski definition) is 2. The molecule has 2 fully saturated rings.